The van der Waals surface area contributed by atoms with E-state index in [0.717, 1.165) is 54.1 Å². The number of primary amides is 1. The molecule has 0 radical (unpaired) electrons. The Labute approximate surface area is 207 Å². The van der Waals surface area contributed by atoms with Crippen LogP contribution in [0.5, 0.6) is 5.75 Å². The number of amides is 2. The van der Waals surface area contributed by atoms with Gasteiger partial charge in [0, 0.05) is 22.9 Å². The first-order chi connectivity index (χ1) is 16.9. The lowest BCUT2D eigenvalue weighted by molar-refractivity contribution is 0.0997. The summed E-state index contributed by atoms with van der Waals surface area (Å²) in [6.45, 7) is 6.61. The number of benzene rings is 3. The van der Waals surface area contributed by atoms with Crippen molar-refractivity contribution >= 4 is 17.5 Å². The average Bonchev–Trinajstić information content (AvgIpc) is 2.89. The number of piperidine rings is 1. The number of ether oxygens (including phenoxy) is 1. The van der Waals surface area contributed by atoms with Crippen molar-refractivity contribution in [2.45, 2.75) is 38.6 Å². The van der Waals surface area contributed by atoms with Crippen molar-refractivity contribution in [3.05, 3.63) is 83.4 Å². The Morgan fingerprint density at radius 3 is 2.29 bits per heavy atom. The molecule has 35 heavy (non-hydrogen) atoms. The van der Waals surface area contributed by atoms with Gasteiger partial charge in [-0.1, -0.05) is 24.3 Å². The second-order valence-corrected chi connectivity index (χ2v) is 9.34. The van der Waals surface area contributed by atoms with E-state index in [1.807, 2.05) is 30.3 Å². The Morgan fingerprint density at radius 2 is 1.66 bits per heavy atom. The molecular weight excluding hydrogens is 438 g/mol. The van der Waals surface area contributed by atoms with E-state index in [9.17, 15) is 9.59 Å². The Hall–Kier alpha value is -3.64. The van der Waals surface area contributed by atoms with Crippen molar-refractivity contribution in [3.8, 4) is 16.9 Å². The van der Waals surface area contributed by atoms with Gasteiger partial charge >= 0.3 is 0 Å². The predicted molar refractivity (Wildman–Crippen MR) is 140 cm³/mol. The quantitative estimate of drug-likeness (QED) is 0.490. The third-order valence-corrected chi connectivity index (χ3v) is 6.81. The summed E-state index contributed by atoms with van der Waals surface area (Å²) < 4.78 is 5.64. The zero-order valence-corrected chi connectivity index (χ0v) is 20.6. The van der Waals surface area contributed by atoms with E-state index >= 15 is 0 Å². The SMILES string of the molecule is COc1ccc(NC(=O)c2ccc(-c3cccc(C(N)=O)c3)cc2)cc1C1CCN(C(C)C)CC1. The van der Waals surface area contributed by atoms with Crippen molar-refractivity contribution in [1.82, 2.24) is 4.90 Å². The van der Waals surface area contributed by atoms with E-state index in [-0.39, 0.29) is 5.91 Å². The number of carbonyl (C=O) groups is 2. The summed E-state index contributed by atoms with van der Waals surface area (Å²) in [5, 5.41) is 3.03. The van der Waals surface area contributed by atoms with Crippen LogP contribution in [0.25, 0.3) is 11.1 Å². The minimum absolute atomic E-state index is 0.173. The maximum Gasteiger partial charge on any atom is 0.255 e. The van der Waals surface area contributed by atoms with E-state index in [2.05, 4.69) is 30.1 Å². The number of carbonyl (C=O) groups excluding carboxylic acids is 2. The molecule has 0 saturated carbocycles. The van der Waals surface area contributed by atoms with Gasteiger partial charge in [0.1, 0.15) is 5.75 Å². The standard InChI is InChI=1S/C29H33N3O3/c1-19(2)32-15-13-21(14-16-32)26-18-25(11-12-27(26)35-3)31-29(34)22-9-7-20(8-10-22)23-5-4-6-24(17-23)28(30)33/h4-12,17-19,21H,13-16H2,1-3H3,(H2,30,33)(H,31,34). The minimum atomic E-state index is -0.466. The molecule has 0 atom stereocenters. The number of hydrogen-bond donors (Lipinski definition) is 2. The molecule has 1 aliphatic rings. The highest BCUT2D eigenvalue weighted by Crippen LogP contribution is 2.36. The second kappa shape index (κ2) is 10.7. The van der Waals surface area contributed by atoms with Crippen LogP contribution < -0.4 is 15.8 Å². The fraction of sp³-hybridized carbons (Fsp3) is 0.310. The molecule has 0 aromatic heterocycles. The summed E-state index contributed by atoms with van der Waals surface area (Å²) >= 11 is 0. The minimum Gasteiger partial charge on any atom is -0.496 e. The van der Waals surface area contributed by atoms with Crippen LogP contribution in [0, 0.1) is 0 Å². The molecule has 6 nitrogen and oxygen atoms in total. The Morgan fingerprint density at radius 1 is 0.943 bits per heavy atom. The van der Waals surface area contributed by atoms with Crippen molar-refractivity contribution in [2.24, 2.45) is 5.73 Å². The van der Waals surface area contributed by atoms with Crippen LogP contribution in [0.3, 0.4) is 0 Å². The number of nitrogens with one attached hydrogen (secondary N) is 1. The van der Waals surface area contributed by atoms with Crippen LogP contribution >= 0.6 is 0 Å². The first-order valence-corrected chi connectivity index (χ1v) is 12.1. The lowest BCUT2D eigenvalue weighted by Gasteiger charge is -2.35. The number of methoxy groups -OCH3 is 1. The maximum atomic E-state index is 13.0. The van der Waals surface area contributed by atoms with Crippen molar-refractivity contribution in [3.63, 3.8) is 0 Å². The molecule has 0 spiro atoms. The summed E-state index contributed by atoms with van der Waals surface area (Å²) in [5.41, 5.74) is 10.1. The summed E-state index contributed by atoms with van der Waals surface area (Å²) in [6.07, 6.45) is 2.15. The van der Waals surface area contributed by atoms with E-state index < -0.39 is 5.91 Å². The predicted octanol–water partition coefficient (Wildman–Crippen LogP) is 5.30. The molecule has 2 amide bonds. The van der Waals surface area contributed by atoms with Gasteiger partial charge < -0.3 is 20.7 Å². The highest BCUT2D eigenvalue weighted by Gasteiger charge is 2.24. The van der Waals surface area contributed by atoms with Crippen LogP contribution in [-0.4, -0.2) is 43.0 Å². The molecule has 1 heterocycles. The normalized spacial score (nSPS) is 14.6. The van der Waals surface area contributed by atoms with Gasteiger partial charge in [0.05, 0.1) is 7.11 Å². The molecule has 3 aromatic carbocycles. The number of likely N-dealkylation sites (tertiary alicyclic amines) is 1. The summed E-state index contributed by atoms with van der Waals surface area (Å²) in [5.74, 6) is 0.640. The number of hydrogen-bond acceptors (Lipinski definition) is 4. The highest BCUT2D eigenvalue weighted by atomic mass is 16.5. The third kappa shape index (κ3) is 5.72. The van der Waals surface area contributed by atoms with E-state index in [1.165, 1.54) is 0 Å². The first-order valence-electron chi connectivity index (χ1n) is 12.1. The first kappa shape index (κ1) is 24.5. The van der Waals surface area contributed by atoms with Gasteiger partial charge in [-0.2, -0.15) is 0 Å². The molecular formula is C29H33N3O3. The second-order valence-electron chi connectivity index (χ2n) is 9.34. The number of nitrogens with zero attached hydrogens (tertiary/aromatic N) is 1. The lowest BCUT2D eigenvalue weighted by atomic mass is 9.88. The Balaban J connectivity index is 1.47. The molecule has 1 saturated heterocycles. The number of rotatable bonds is 7. The zero-order chi connectivity index (χ0) is 24.9. The summed E-state index contributed by atoms with van der Waals surface area (Å²) in [7, 11) is 1.70. The topological polar surface area (TPSA) is 84.7 Å². The van der Waals surface area contributed by atoms with E-state index in [0.29, 0.717) is 23.1 Å². The monoisotopic (exact) mass is 471 g/mol. The third-order valence-electron chi connectivity index (χ3n) is 6.81. The summed E-state index contributed by atoms with van der Waals surface area (Å²) in [6, 6.07) is 20.9. The van der Waals surface area contributed by atoms with Crippen LogP contribution in [0.4, 0.5) is 5.69 Å². The maximum absolute atomic E-state index is 13.0. The van der Waals surface area contributed by atoms with Crippen LogP contribution in [0.2, 0.25) is 0 Å². The molecule has 6 heteroatoms. The molecule has 1 aliphatic heterocycles. The molecule has 0 aliphatic carbocycles. The number of nitrogens with two attached hydrogens (primary N) is 1. The van der Waals surface area contributed by atoms with Crippen molar-refractivity contribution in [2.75, 3.05) is 25.5 Å². The Kier molecular flexibility index (Phi) is 7.51. The number of anilines is 1. The molecule has 3 aromatic rings. The lowest BCUT2D eigenvalue weighted by Crippen LogP contribution is -2.37. The van der Waals surface area contributed by atoms with Gasteiger partial charge in [-0.15, -0.1) is 0 Å². The van der Waals surface area contributed by atoms with Crippen molar-refractivity contribution < 1.29 is 14.3 Å². The largest absolute Gasteiger partial charge is 0.496 e. The van der Waals surface area contributed by atoms with Crippen LogP contribution in [0.15, 0.2) is 66.7 Å². The smallest absolute Gasteiger partial charge is 0.255 e. The summed E-state index contributed by atoms with van der Waals surface area (Å²) in [4.78, 5) is 26.9. The molecule has 0 unspecified atom stereocenters. The zero-order valence-electron chi connectivity index (χ0n) is 20.6. The van der Waals surface area contributed by atoms with E-state index in [1.54, 1.807) is 37.4 Å². The fourth-order valence-electron chi connectivity index (χ4n) is 4.73. The van der Waals surface area contributed by atoms with Gasteiger partial charge in [0.15, 0.2) is 0 Å². The van der Waals surface area contributed by atoms with Gasteiger partial charge in [0.25, 0.3) is 5.91 Å². The molecule has 4 rings (SSSR count). The highest BCUT2D eigenvalue weighted by molar-refractivity contribution is 6.04. The average molecular weight is 472 g/mol. The van der Waals surface area contributed by atoms with Gasteiger partial charge in [-0.3, -0.25) is 9.59 Å². The van der Waals surface area contributed by atoms with Gasteiger partial charge in [-0.05, 0) is 105 Å². The van der Waals surface area contributed by atoms with Crippen molar-refractivity contribution in [1.29, 1.82) is 0 Å². The van der Waals surface area contributed by atoms with Gasteiger partial charge in [-0.25, -0.2) is 0 Å². The molecule has 182 valence electrons. The van der Waals surface area contributed by atoms with E-state index in [4.69, 9.17) is 10.5 Å². The van der Waals surface area contributed by atoms with Crippen LogP contribution in [-0.2, 0) is 0 Å². The molecule has 0 bridgehead atoms. The van der Waals surface area contributed by atoms with Crippen LogP contribution in [0.1, 0.15) is 58.9 Å². The Bertz CT molecular complexity index is 1200. The molecule has 3 N–H and O–H groups in total. The molecule has 1 fully saturated rings. The van der Waals surface area contributed by atoms with Gasteiger partial charge in [0.2, 0.25) is 5.91 Å². The fourth-order valence-corrected chi connectivity index (χ4v) is 4.73.